The van der Waals surface area contributed by atoms with Gasteiger partial charge in [0.05, 0.1) is 0 Å². The molecule has 3 rings (SSSR count). The molecule has 4 N–H and O–H groups in total. The molecule has 1 aliphatic rings. The maximum absolute atomic E-state index is 9.68. The van der Waals surface area contributed by atoms with E-state index in [0.29, 0.717) is 0 Å². The lowest BCUT2D eigenvalue weighted by atomic mass is 9.90. The third-order valence-corrected chi connectivity index (χ3v) is 3.77. The van der Waals surface area contributed by atoms with Crippen molar-refractivity contribution in [1.82, 2.24) is 5.32 Å². The van der Waals surface area contributed by atoms with Gasteiger partial charge < -0.3 is 20.6 Å². The molecule has 1 atom stereocenters. The molecule has 2 aromatic rings. The summed E-state index contributed by atoms with van der Waals surface area (Å²) in [6, 6.07) is 10.5. The van der Waals surface area contributed by atoms with E-state index in [0.717, 1.165) is 36.1 Å². The third-order valence-electron chi connectivity index (χ3n) is 3.77. The van der Waals surface area contributed by atoms with Crippen LogP contribution in [0, 0.1) is 0 Å². The highest BCUT2D eigenvalue weighted by atomic mass is 16.3. The summed E-state index contributed by atoms with van der Waals surface area (Å²) in [4.78, 5) is 0. The lowest BCUT2D eigenvalue weighted by Gasteiger charge is -2.27. The summed E-state index contributed by atoms with van der Waals surface area (Å²) in [5, 5.41) is 32.0. The van der Waals surface area contributed by atoms with Crippen molar-refractivity contribution in [3.63, 3.8) is 0 Å². The van der Waals surface area contributed by atoms with Crippen LogP contribution < -0.4 is 5.32 Å². The summed E-state index contributed by atoms with van der Waals surface area (Å²) in [5.41, 5.74) is 3.21. The van der Waals surface area contributed by atoms with Gasteiger partial charge in [-0.1, -0.05) is 12.1 Å². The van der Waals surface area contributed by atoms with Crippen LogP contribution in [0.4, 0.5) is 0 Å². The molecule has 1 unspecified atom stereocenters. The molecule has 0 spiro atoms. The van der Waals surface area contributed by atoms with Crippen molar-refractivity contribution < 1.29 is 15.3 Å². The second kappa shape index (κ2) is 5.06. The molecule has 4 nitrogen and oxygen atoms in total. The van der Waals surface area contributed by atoms with Crippen molar-refractivity contribution in [3.8, 4) is 17.2 Å². The average Bonchev–Trinajstić information content (AvgIpc) is 2.43. The van der Waals surface area contributed by atoms with Crippen LogP contribution >= 0.6 is 0 Å². The molecule has 0 bridgehead atoms. The fourth-order valence-electron chi connectivity index (χ4n) is 2.72. The predicted octanol–water partition coefficient (Wildman–Crippen LogP) is 2.23. The Hall–Kier alpha value is -2.20. The molecular weight excluding hydrogens is 254 g/mol. The summed E-state index contributed by atoms with van der Waals surface area (Å²) >= 11 is 0. The first-order chi connectivity index (χ1) is 9.63. The number of hydrogen-bond acceptors (Lipinski definition) is 4. The Labute approximate surface area is 117 Å². The van der Waals surface area contributed by atoms with Gasteiger partial charge in [0.1, 0.15) is 5.75 Å². The van der Waals surface area contributed by atoms with Gasteiger partial charge in [0, 0.05) is 6.04 Å². The molecule has 104 valence electrons. The summed E-state index contributed by atoms with van der Waals surface area (Å²) in [5.74, 6) is 0.116. The van der Waals surface area contributed by atoms with Crippen molar-refractivity contribution in [2.24, 2.45) is 0 Å². The van der Waals surface area contributed by atoms with Crippen LogP contribution in [0.25, 0.3) is 0 Å². The van der Waals surface area contributed by atoms with Crippen LogP contribution in [0.2, 0.25) is 0 Å². The third kappa shape index (κ3) is 2.42. The van der Waals surface area contributed by atoms with Gasteiger partial charge in [-0.15, -0.1) is 0 Å². The van der Waals surface area contributed by atoms with E-state index in [9.17, 15) is 15.3 Å². The quantitative estimate of drug-likeness (QED) is 0.632. The van der Waals surface area contributed by atoms with Crippen LogP contribution in [0.1, 0.15) is 22.7 Å². The van der Waals surface area contributed by atoms with Crippen molar-refractivity contribution in [1.29, 1.82) is 0 Å². The normalized spacial score (nSPS) is 17.7. The molecule has 1 aliphatic heterocycles. The van der Waals surface area contributed by atoms with Gasteiger partial charge in [0.2, 0.25) is 0 Å². The zero-order valence-electron chi connectivity index (χ0n) is 11.0. The number of phenolic OH excluding ortho intramolecular Hbond substituents is 3. The molecular formula is C16H17NO3. The van der Waals surface area contributed by atoms with E-state index in [4.69, 9.17) is 0 Å². The number of benzene rings is 2. The van der Waals surface area contributed by atoms with Crippen LogP contribution in [0.3, 0.4) is 0 Å². The summed E-state index contributed by atoms with van der Waals surface area (Å²) < 4.78 is 0. The molecule has 4 heteroatoms. The minimum atomic E-state index is -0.0804. The molecule has 0 aromatic heterocycles. The second-order valence-electron chi connectivity index (χ2n) is 5.17. The molecule has 0 saturated carbocycles. The molecule has 0 fully saturated rings. The molecule has 1 heterocycles. The number of phenols is 3. The molecule has 0 saturated heterocycles. The van der Waals surface area contributed by atoms with E-state index in [1.54, 1.807) is 24.3 Å². The van der Waals surface area contributed by atoms with Crippen molar-refractivity contribution in [3.05, 3.63) is 53.1 Å². The van der Waals surface area contributed by atoms with Gasteiger partial charge in [-0.2, -0.15) is 0 Å². The van der Waals surface area contributed by atoms with E-state index in [2.05, 4.69) is 5.32 Å². The molecule has 2 aromatic carbocycles. The predicted molar refractivity (Wildman–Crippen MR) is 76.0 cm³/mol. The Morgan fingerprint density at radius 1 is 1.00 bits per heavy atom. The largest absolute Gasteiger partial charge is 0.508 e. The minimum absolute atomic E-state index is 0.0611. The van der Waals surface area contributed by atoms with E-state index in [-0.39, 0.29) is 23.3 Å². The average molecular weight is 271 g/mol. The van der Waals surface area contributed by atoms with Gasteiger partial charge in [-0.3, -0.25) is 0 Å². The molecule has 20 heavy (non-hydrogen) atoms. The standard InChI is InChI=1S/C16H17NO3/c18-12-3-1-10(2-4-12)7-14-13-9-16(20)15(19)8-11(13)5-6-17-14/h1-4,8-9,14,17-20H,5-7H2. The zero-order valence-corrected chi connectivity index (χ0v) is 11.0. The minimum Gasteiger partial charge on any atom is -0.508 e. The topological polar surface area (TPSA) is 72.7 Å². The highest BCUT2D eigenvalue weighted by molar-refractivity contribution is 5.48. The van der Waals surface area contributed by atoms with E-state index in [1.807, 2.05) is 12.1 Å². The van der Waals surface area contributed by atoms with Crippen LogP contribution in [-0.2, 0) is 12.8 Å². The lowest BCUT2D eigenvalue weighted by molar-refractivity contribution is 0.398. The fourth-order valence-corrected chi connectivity index (χ4v) is 2.72. The summed E-state index contributed by atoms with van der Waals surface area (Å²) in [6.45, 7) is 0.847. The second-order valence-corrected chi connectivity index (χ2v) is 5.17. The Bertz CT molecular complexity index is 622. The molecule has 0 radical (unpaired) electrons. The summed E-state index contributed by atoms with van der Waals surface area (Å²) in [6.07, 6.45) is 1.62. The number of aromatic hydroxyl groups is 3. The first-order valence-corrected chi connectivity index (χ1v) is 6.69. The van der Waals surface area contributed by atoms with E-state index >= 15 is 0 Å². The highest BCUT2D eigenvalue weighted by Crippen LogP contribution is 2.34. The van der Waals surface area contributed by atoms with Crippen LogP contribution in [-0.4, -0.2) is 21.9 Å². The Morgan fingerprint density at radius 2 is 1.70 bits per heavy atom. The maximum Gasteiger partial charge on any atom is 0.157 e. The van der Waals surface area contributed by atoms with Gasteiger partial charge in [0.15, 0.2) is 11.5 Å². The van der Waals surface area contributed by atoms with Crippen molar-refractivity contribution >= 4 is 0 Å². The molecule has 0 aliphatic carbocycles. The van der Waals surface area contributed by atoms with E-state index < -0.39 is 0 Å². The van der Waals surface area contributed by atoms with Gasteiger partial charge in [0.25, 0.3) is 0 Å². The fraction of sp³-hybridized carbons (Fsp3) is 0.250. The van der Waals surface area contributed by atoms with E-state index in [1.165, 1.54) is 0 Å². The summed E-state index contributed by atoms with van der Waals surface area (Å²) in [7, 11) is 0. The first kappa shape index (κ1) is 12.8. The number of nitrogens with one attached hydrogen (secondary N) is 1. The number of hydrogen-bond donors (Lipinski definition) is 4. The zero-order chi connectivity index (χ0) is 14.1. The smallest absolute Gasteiger partial charge is 0.157 e. The van der Waals surface area contributed by atoms with Gasteiger partial charge >= 0.3 is 0 Å². The number of fused-ring (bicyclic) bond motifs is 1. The maximum atomic E-state index is 9.68. The van der Waals surface area contributed by atoms with Crippen molar-refractivity contribution in [2.45, 2.75) is 18.9 Å². The van der Waals surface area contributed by atoms with Crippen LogP contribution in [0.15, 0.2) is 36.4 Å². The SMILES string of the molecule is Oc1ccc(CC2NCCc3cc(O)c(O)cc32)cc1. The highest BCUT2D eigenvalue weighted by Gasteiger charge is 2.21. The van der Waals surface area contributed by atoms with Gasteiger partial charge in [-0.25, -0.2) is 0 Å². The van der Waals surface area contributed by atoms with Crippen LogP contribution in [0.5, 0.6) is 17.2 Å². The molecule has 0 amide bonds. The Balaban J connectivity index is 1.89. The monoisotopic (exact) mass is 271 g/mol. The number of rotatable bonds is 2. The Kier molecular flexibility index (Phi) is 3.24. The Morgan fingerprint density at radius 3 is 2.45 bits per heavy atom. The lowest BCUT2D eigenvalue weighted by Crippen LogP contribution is -2.31. The first-order valence-electron chi connectivity index (χ1n) is 6.69. The van der Waals surface area contributed by atoms with Crippen molar-refractivity contribution in [2.75, 3.05) is 6.54 Å². The van der Waals surface area contributed by atoms with Gasteiger partial charge in [-0.05, 0) is 60.3 Å².